The predicted octanol–water partition coefficient (Wildman–Crippen LogP) is 5.90. The number of halogens is 1. The Morgan fingerprint density at radius 1 is 1.00 bits per heavy atom. The zero-order valence-corrected chi connectivity index (χ0v) is 16.3. The molecule has 0 saturated carbocycles. The van der Waals surface area contributed by atoms with E-state index in [2.05, 4.69) is 54.7 Å². The molecule has 1 aliphatic heterocycles. The Morgan fingerprint density at radius 2 is 1.81 bits per heavy atom. The first kappa shape index (κ1) is 17.5. The van der Waals surface area contributed by atoms with E-state index >= 15 is 0 Å². The van der Waals surface area contributed by atoms with Gasteiger partial charge in [-0.05, 0) is 67.7 Å². The number of hydrogen-bond acceptors (Lipinski definition) is 3. The summed E-state index contributed by atoms with van der Waals surface area (Å²) >= 11 is 8.30. The molecular formula is C22H21ClN2S. The molecule has 1 N–H and O–H groups in total. The molecule has 0 spiro atoms. The largest absolute Gasteiger partial charge is 0.316 e. The van der Waals surface area contributed by atoms with E-state index in [4.69, 9.17) is 16.6 Å². The Balaban J connectivity index is 1.70. The van der Waals surface area contributed by atoms with Crippen LogP contribution in [0.15, 0.2) is 59.6 Å². The topological polar surface area (TPSA) is 24.4 Å². The van der Waals surface area contributed by atoms with Gasteiger partial charge in [-0.2, -0.15) is 0 Å². The van der Waals surface area contributed by atoms with Gasteiger partial charge in [0.15, 0.2) is 0 Å². The maximum Gasteiger partial charge on any atom is 0.0854 e. The van der Waals surface area contributed by atoms with Crippen LogP contribution in [0.25, 0.3) is 10.4 Å². The fourth-order valence-electron chi connectivity index (χ4n) is 3.36. The van der Waals surface area contributed by atoms with Gasteiger partial charge in [0, 0.05) is 9.75 Å². The fourth-order valence-corrected chi connectivity index (χ4v) is 4.53. The van der Waals surface area contributed by atoms with E-state index in [0.29, 0.717) is 0 Å². The number of nitrogens with zero attached hydrogens (tertiary/aromatic N) is 1. The second kappa shape index (κ2) is 7.75. The molecule has 2 aromatic carbocycles. The first-order valence-electron chi connectivity index (χ1n) is 8.94. The van der Waals surface area contributed by atoms with Crippen LogP contribution >= 0.6 is 22.9 Å². The van der Waals surface area contributed by atoms with Crippen molar-refractivity contribution in [3.63, 3.8) is 0 Å². The smallest absolute Gasteiger partial charge is 0.0854 e. The molecule has 3 aromatic rings. The van der Waals surface area contributed by atoms with Crippen LogP contribution in [-0.2, 0) is 12.8 Å². The van der Waals surface area contributed by atoms with Crippen LogP contribution in [-0.4, -0.2) is 18.8 Å². The van der Waals surface area contributed by atoms with Gasteiger partial charge in [0.1, 0.15) is 0 Å². The van der Waals surface area contributed by atoms with Crippen molar-refractivity contribution >= 4 is 34.3 Å². The first-order valence-corrected chi connectivity index (χ1v) is 10.1. The normalized spacial score (nSPS) is 14.8. The molecule has 0 atom stereocenters. The van der Waals surface area contributed by atoms with Crippen LogP contribution < -0.4 is 5.32 Å². The van der Waals surface area contributed by atoms with Crippen LogP contribution in [0, 0.1) is 0 Å². The van der Waals surface area contributed by atoms with Crippen molar-refractivity contribution in [3.8, 4) is 10.4 Å². The minimum absolute atomic E-state index is 0.741. The molecule has 0 saturated heterocycles. The Kier molecular flexibility index (Phi) is 5.21. The molecule has 1 aromatic heterocycles. The Labute approximate surface area is 163 Å². The molecule has 4 rings (SSSR count). The number of hydrogen-bond donors (Lipinski definition) is 1. The number of fused-ring (bicyclic) bond motifs is 1. The summed E-state index contributed by atoms with van der Waals surface area (Å²) in [5.74, 6) is 0. The van der Waals surface area contributed by atoms with E-state index in [1.54, 1.807) is 11.3 Å². The van der Waals surface area contributed by atoms with Gasteiger partial charge in [0.05, 0.1) is 16.4 Å². The van der Waals surface area contributed by atoms with Crippen LogP contribution in [0.1, 0.15) is 22.9 Å². The number of thiophene rings is 1. The van der Waals surface area contributed by atoms with Crippen molar-refractivity contribution in [1.29, 1.82) is 0 Å². The zero-order valence-electron chi connectivity index (χ0n) is 14.8. The second-order valence-electron chi connectivity index (χ2n) is 6.51. The number of benzene rings is 2. The third-order valence-corrected chi connectivity index (χ3v) is 6.30. The molecule has 0 unspecified atom stereocenters. The summed E-state index contributed by atoms with van der Waals surface area (Å²) in [7, 11) is 0. The maximum atomic E-state index is 6.52. The second-order valence-corrected chi connectivity index (χ2v) is 8.00. The first-order chi connectivity index (χ1) is 12.7. The summed E-state index contributed by atoms with van der Waals surface area (Å²) in [6.45, 7) is 4.07. The number of nitrogens with one attached hydrogen (secondary N) is 1. The quantitative estimate of drug-likeness (QED) is 0.562. The zero-order chi connectivity index (χ0) is 17.9. The van der Waals surface area contributed by atoms with E-state index in [9.17, 15) is 0 Å². The number of rotatable bonds is 3. The van der Waals surface area contributed by atoms with E-state index in [-0.39, 0.29) is 0 Å². The van der Waals surface area contributed by atoms with Crippen molar-refractivity contribution in [2.24, 2.45) is 4.99 Å². The maximum absolute atomic E-state index is 6.52. The molecule has 0 amide bonds. The summed E-state index contributed by atoms with van der Waals surface area (Å²) in [6, 6.07) is 18.9. The van der Waals surface area contributed by atoms with E-state index in [0.717, 1.165) is 42.4 Å². The summed E-state index contributed by atoms with van der Waals surface area (Å²) in [5.41, 5.74) is 5.86. The fraction of sp³-hybridized carbons (Fsp3) is 0.227. The van der Waals surface area contributed by atoms with Crippen LogP contribution in [0.3, 0.4) is 0 Å². The van der Waals surface area contributed by atoms with Crippen molar-refractivity contribution in [2.45, 2.75) is 19.8 Å². The summed E-state index contributed by atoms with van der Waals surface area (Å²) in [6.07, 6.45) is 2.01. The molecule has 0 bridgehead atoms. The SMILES string of the molecule is CC(=Nc1c(Cl)ccc2c1CCNCC2)c1ccc(-c2ccccc2)s1. The summed E-state index contributed by atoms with van der Waals surface area (Å²) < 4.78 is 0. The molecule has 132 valence electrons. The average molecular weight is 381 g/mol. The van der Waals surface area contributed by atoms with Gasteiger partial charge >= 0.3 is 0 Å². The molecule has 2 heterocycles. The van der Waals surface area contributed by atoms with Gasteiger partial charge in [0.25, 0.3) is 0 Å². The molecule has 0 radical (unpaired) electrons. The predicted molar refractivity (Wildman–Crippen MR) is 113 cm³/mol. The lowest BCUT2D eigenvalue weighted by atomic mass is 10.0. The Hall–Kier alpha value is -1.94. The van der Waals surface area contributed by atoms with Crippen molar-refractivity contribution in [2.75, 3.05) is 13.1 Å². The van der Waals surface area contributed by atoms with Gasteiger partial charge in [-0.1, -0.05) is 48.0 Å². The standard InChI is InChI=1S/C22H21ClN2S/c1-15(20-9-10-21(26-20)17-5-3-2-4-6-17)25-22-18-12-14-24-13-11-16(18)7-8-19(22)23/h2-10,24H,11-14H2,1H3. The minimum atomic E-state index is 0.741. The van der Waals surface area contributed by atoms with Gasteiger partial charge in [-0.25, -0.2) is 0 Å². The van der Waals surface area contributed by atoms with Crippen LogP contribution in [0.2, 0.25) is 5.02 Å². The monoisotopic (exact) mass is 380 g/mol. The van der Waals surface area contributed by atoms with Gasteiger partial charge in [-0.3, -0.25) is 4.99 Å². The highest BCUT2D eigenvalue weighted by molar-refractivity contribution is 7.17. The van der Waals surface area contributed by atoms with Gasteiger partial charge < -0.3 is 5.32 Å². The molecule has 1 aliphatic rings. The highest BCUT2D eigenvalue weighted by atomic mass is 35.5. The molecule has 0 fully saturated rings. The molecule has 4 heteroatoms. The Bertz CT molecular complexity index is 944. The van der Waals surface area contributed by atoms with Crippen molar-refractivity contribution in [3.05, 3.63) is 75.6 Å². The minimum Gasteiger partial charge on any atom is -0.316 e. The lowest BCUT2D eigenvalue weighted by molar-refractivity contribution is 0.711. The highest BCUT2D eigenvalue weighted by Gasteiger charge is 2.15. The summed E-state index contributed by atoms with van der Waals surface area (Å²) in [4.78, 5) is 7.40. The van der Waals surface area contributed by atoms with Crippen molar-refractivity contribution < 1.29 is 0 Å². The lowest BCUT2D eigenvalue weighted by Gasteiger charge is -2.11. The van der Waals surface area contributed by atoms with E-state index in [1.807, 2.05) is 12.1 Å². The highest BCUT2D eigenvalue weighted by Crippen LogP contribution is 2.35. The molecule has 0 aliphatic carbocycles. The van der Waals surface area contributed by atoms with Gasteiger partial charge in [-0.15, -0.1) is 11.3 Å². The average Bonchev–Trinajstić information content (AvgIpc) is 3.04. The third-order valence-electron chi connectivity index (χ3n) is 4.75. The summed E-state index contributed by atoms with van der Waals surface area (Å²) in [5, 5.41) is 4.20. The van der Waals surface area contributed by atoms with E-state index in [1.165, 1.54) is 26.4 Å². The van der Waals surface area contributed by atoms with Crippen LogP contribution in [0.4, 0.5) is 5.69 Å². The van der Waals surface area contributed by atoms with Gasteiger partial charge in [0.2, 0.25) is 0 Å². The molecular weight excluding hydrogens is 360 g/mol. The Morgan fingerprint density at radius 3 is 2.65 bits per heavy atom. The van der Waals surface area contributed by atoms with E-state index < -0.39 is 0 Å². The molecule has 26 heavy (non-hydrogen) atoms. The molecule has 2 nitrogen and oxygen atoms in total. The van der Waals surface area contributed by atoms with Crippen LogP contribution in [0.5, 0.6) is 0 Å². The third kappa shape index (κ3) is 3.61. The number of aliphatic imine (C=N–C) groups is 1. The lowest BCUT2D eigenvalue weighted by Crippen LogP contribution is -2.16. The van der Waals surface area contributed by atoms with Crippen molar-refractivity contribution in [1.82, 2.24) is 5.32 Å².